The number of fused-ring (bicyclic) bond motifs is 1. The average Bonchev–Trinajstić information content (AvgIpc) is 3.14. The number of carbonyl (C=O) groups is 1. The lowest BCUT2D eigenvalue weighted by Gasteiger charge is -2.05. The number of ether oxygens (including phenoxy) is 1. The van der Waals surface area contributed by atoms with E-state index in [0.29, 0.717) is 35.8 Å². The van der Waals surface area contributed by atoms with E-state index in [0.717, 1.165) is 16.4 Å². The first-order valence-corrected chi connectivity index (χ1v) is 8.95. The van der Waals surface area contributed by atoms with Crippen molar-refractivity contribution in [3.05, 3.63) is 54.1 Å². The van der Waals surface area contributed by atoms with Crippen molar-refractivity contribution in [1.29, 1.82) is 0 Å². The summed E-state index contributed by atoms with van der Waals surface area (Å²) >= 11 is 1.47. The molecule has 0 radical (unpaired) electrons. The number of hydrogen-bond donors (Lipinski definition) is 0. The third-order valence-corrected chi connectivity index (χ3v) is 4.66. The number of para-hydroxylation sites is 1. The fraction of sp³-hybridized carbons (Fsp3) is 0.278. The summed E-state index contributed by atoms with van der Waals surface area (Å²) in [5, 5.41) is 9.81. The van der Waals surface area contributed by atoms with Crippen molar-refractivity contribution in [2.45, 2.75) is 31.3 Å². The van der Waals surface area contributed by atoms with Gasteiger partial charge in [-0.2, -0.15) is 0 Å². The molecule has 3 aromatic rings. The summed E-state index contributed by atoms with van der Waals surface area (Å²) in [4.78, 5) is 12.4. The van der Waals surface area contributed by atoms with Crippen molar-refractivity contribution in [1.82, 2.24) is 14.8 Å². The molecule has 0 aliphatic heterocycles. The zero-order valence-corrected chi connectivity index (χ0v) is 15.0. The van der Waals surface area contributed by atoms with Crippen LogP contribution in [0.15, 0.2) is 46.5 Å². The zero-order valence-electron chi connectivity index (χ0n) is 14.2. The van der Waals surface area contributed by atoms with Gasteiger partial charge in [-0.25, -0.2) is 4.79 Å². The molecule has 0 bridgehead atoms. The number of hydrogen-bond acceptors (Lipinski definition) is 6. The summed E-state index contributed by atoms with van der Waals surface area (Å²) in [5.74, 6) is 1.48. The summed E-state index contributed by atoms with van der Waals surface area (Å²) in [6.07, 6.45) is 1.80. The Hall–Kier alpha value is -2.54. The maximum Gasteiger partial charge on any atom is 0.342 e. The lowest BCUT2D eigenvalue weighted by molar-refractivity contribution is 0.0526. The van der Waals surface area contributed by atoms with E-state index >= 15 is 0 Å². The molecule has 0 aliphatic rings. The second kappa shape index (κ2) is 7.57. The Kier molecular flexibility index (Phi) is 5.23. The molecule has 0 spiro atoms. The Morgan fingerprint density at radius 2 is 2.20 bits per heavy atom. The van der Waals surface area contributed by atoms with Gasteiger partial charge in [-0.1, -0.05) is 36.0 Å². The monoisotopic (exact) mass is 357 g/mol. The number of benzene rings is 1. The van der Waals surface area contributed by atoms with E-state index in [2.05, 4.69) is 16.8 Å². The van der Waals surface area contributed by atoms with Gasteiger partial charge in [0, 0.05) is 11.9 Å². The predicted molar refractivity (Wildman–Crippen MR) is 96.7 cm³/mol. The molecule has 0 saturated heterocycles. The van der Waals surface area contributed by atoms with E-state index in [-0.39, 0.29) is 5.97 Å². The first-order chi connectivity index (χ1) is 12.2. The Bertz CT molecular complexity index is 914. The van der Waals surface area contributed by atoms with Crippen LogP contribution in [0.1, 0.15) is 28.9 Å². The van der Waals surface area contributed by atoms with Crippen molar-refractivity contribution in [2.24, 2.45) is 0 Å². The van der Waals surface area contributed by atoms with E-state index in [4.69, 9.17) is 9.15 Å². The molecule has 0 N–H and O–H groups in total. The highest BCUT2D eigenvalue weighted by Gasteiger charge is 2.22. The summed E-state index contributed by atoms with van der Waals surface area (Å²) < 4.78 is 13.1. The minimum Gasteiger partial charge on any atom is -0.462 e. The second-order valence-corrected chi connectivity index (χ2v) is 6.28. The molecule has 3 rings (SSSR count). The molecule has 0 saturated carbocycles. The number of aryl methyl sites for hydroxylation is 1. The Balaban J connectivity index is 1.92. The van der Waals surface area contributed by atoms with E-state index in [1.165, 1.54) is 11.8 Å². The smallest absolute Gasteiger partial charge is 0.342 e. The quantitative estimate of drug-likeness (QED) is 0.362. The maximum atomic E-state index is 12.4. The molecule has 7 heteroatoms. The lowest BCUT2D eigenvalue weighted by atomic mass is 10.1. The van der Waals surface area contributed by atoms with Gasteiger partial charge in [-0.05, 0) is 19.9 Å². The molecule has 0 aliphatic carbocycles. The van der Waals surface area contributed by atoms with Gasteiger partial charge in [0.05, 0.1) is 12.4 Å². The summed E-state index contributed by atoms with van der Waals surface area (Å²) in [6, 6.07) is 7.46. The van der Waals surface area contributed by atoms with Crippen LogP contribution in [0.3, 0.4) is 0 Å². The van der Waals surface area contributed by atoms with E-state index in [1.54, 1.807) is 13.0 Å². The highest BCUT2D eigenvalue weighted by Crippen LogP contribution is 2.31. The number of thioether (sulfide) groups is 1. The Morgan fingerprint density at radius 3 is 2.96 bits per heavy atom. The average molecular weight is 357 g/mol. The third-order valence-electron chi connectivity index (χ3n) is 3.69. The number of furan rings is 1. The molecular weight excluding hydrogens is 338 g/mol. The molecule has 0 unspecified atom stereocenters. The van der Waals surface area contributed by atoms with Gasteiger partial charge in [0.1, 0.15) is 22.7 Å². The number of esters is 1. The SMILES string of the molecule is C=CCn1c(C)nnc1SCc1oc2ccccc2c1C(=O)OCC. The number of carbonyl (C=O) groups excluding carboxylic acids is 1. The molecule has 2 heterocycles. The van der Waals surface area contributed by atoms with Crippen LogP contribution in [0.4, 0.5) is 0 Å². The summed E-state index contributed by atoms with van der Waals surface area (Å²) in [6.45, 7) is 8.39. The highest BCUT2D eigenvalue weighted by atomic mass is 32.2. The van der Waals surface area contributed by atoms with Crippen LogP contribution in [0.2, 0.25) is 0 Å². The minimum absolute atomic E-state index is 0.317. The van der Waals surface area contributed by atoms with Crippen LogP contribution in [0.5, 0.6) is 0 Å². The van der Waals surface area contributed by atoms with Crippen LogP contribution >= 0.6 is 11.8 Å². The molecule has 130 valence electrons. The molecule has 0 fully saturated rings. The Morgan fingerprint density at radius 1 is 1.40 bits per heavy atom. The molecule has 0 atom stereocenters. The number of nitrogens with zero attached hydrogens (tertiary/aromatic N) is 3. The molecule has 25 heavy (non-hydrogen) atoms. The Labute approximate surface area is 149 Å². The van der Waals surface area contributed by atoms with E-state index in [9.17, 15) is 4.79 Å². The van der Waals surface area contributed by atoms with Gasteiger partial charge in [0.25, 0.3) is 0 Å². The first kappa shape index (κ1) is 17.3. The van der Waals surface area contributed by atoms with Crippen molar-refractivity contribution in [3.8, 4) is 0 Å². The van der Waals surface area contributed by atoms with Crippen LogP contribution in [-0.4, -0.2) is 27.3 Å². The van der Waals surface area contributed by atoms with Gasteiger partial charge >= 0.3 is 5.97 Å². The number of aromatic nitrogens is 3. The van der Waals surface area contributed by atoms with E-state index < -0.39 is 0 Å². The van der Waals surface area contributed by atoms with Gasteiger partial charge in [-0.3, -0.25) is 0 Å². The summed E-state index contributed by atoms with van der Waals surface area (Å²) in [5.41, 5.74) is 1.15. The topological polar surface area (TPSA) is 70.2 Å². The number of rotatable bonds is 7. The molecular formula is C18H19N3O3S. The highest BCUT2D eigenvalue weighted by molar-refractivity contribution is 7.98. The van der Waals surface area contributed by atoms with Gasteiger partial charge in [0.15, 0.2) is 5.16 Å². The van der Waals surface area contributed by atoms with Crippen LogP contribution < -0.4 is 0 Å². The largest absolute Gasteiger partial charge is 0.462 e. The van der Waals surface area contributed by atoms with Crippen LogP contribution in [0.25, 0.3) is 11.0 Å². The molecule has 2 aromatic heterocycles. The standard InChI is InChI=1S/C18H19N3O3S/c1-4-10-21-12(3)19-20-18(21)25-11-15-16(17(22)23-5-2)13-8-6-7-9-14(13)24-15/h4,6-9H,1,5,10-11H2,2-3H3. The molecule has 0 amide bonds. The summed E-state index contributed by atoms with van der Waals surface area (Å²) in [7, 11) is 0. The zero-order chi connectivity index (χ0) is 17.8. The van der Waals surface area contributed by atoms with E-state index in [1.807, 2.05) is 35.8 Å². The fourth-order valence-corrected chi connectivity index (χ4v) is 3.49. The van der Waals surface area contributed by atoms with Crippen molar-refractivity contribution in [2.75, 3.05) is 6.61 Å². The third kappa shape index (κ3) is 3.46. The molecule has 1 aromatic carbocycles. The maximum absolute atomic E-state index is 12.4. The normalized spacial score (nSPS) is 11.0. The molecule has 6 nitrogen and oxygen atoms in total. The minimum atomic E-state index is -0.369. The second-order valence-electron chi connectivity index (χ2n) is 5.33. The first-order valence-electron chi connectivity index (χ1n) is 7.96. The van der Waals surface area contributed by atoms with Gasteiger partial charge in [0.2, 0.25) is 0 Å². The van der Waals surface area contributed by atoms with Crippen molar-refractivity contribution < 1.29 is 13.9 Å². The van der Waals surface area contributed by atoms with Crippen molar-refractivity contribution >= 4 is 28.7 Å². The van der Waals surface area contributed by atoms with Gasteiger partial charge in [-0.15, -0.1) is 16.8 Å². The van der Waals surface area contributed by atoms with Crippen LogP contribution in [0, 0.1) is 6.92 Å². The van der Waals surface area contributed by atoms with Crippen molar-refractivity contribution in [3.63, 3.8) is 0 Å². The number of allylic oxidation sites excluding steroid dienone is 1. The lowest BCUT2D eigenvalue weighted by Crippen LogP contribution is -2.06. The predicted octanol–water partition coefficient (Wildman–Crippen LogP) is 3.99. The van der Waals surface area contributed by atoms with Crippen LogP contribution in [-0.2, 0) is 17.0 Å². The fourth-order valence-electron chi connectivity index (χ4n) is 2.56. The van der Waals surface area contributed by atoms with Gasteiger partial charge < -0.3 is 13.7 Å².